The van der Waals surface area contributed by atoms with Crippen molar-refractivity contribution in [1.29, 1.82) is 0 Å². The predicted molar refractivity (Wildman–Crippen MR) is 76.7 cm³/mol. The average molecular weight is 371 g/mol. The van der Waals surface area contributed by atoms with Crippen LogP contribution >= 0.6 is 34.8 Å². The lowest BCUT2D eigenvalue weighted by atomic mass is 10.1. The fraction of sp³-hybridized carbons (Fsp3) is 0.0769. The van der Waals surface area contributed by atoms with Crippen LogP contribution in [0.5, 0.6) is 0 Å². The summed E-state index contributed by atoms with van der Waals surface area (Å²) in [4.78, 5) is 14.4. The van der Waals surface area contributed by atoms with Crippen LogP contribution in [0.2, 0.25) is 15.1 Å². The van der Waals surface area contributed by atoms with Gasteiger partial charge in [0, 0.05) is 5.56 Å². The number of rotatable bonds is 2. The first kappa shape index (κ1) is 16.9. The van der Waals surface area contributed by atoms with Gasteiger partial charge in [-0.1, -0.05) is 34.8 Å². The van der Waals surface area contributed by atoms with Gasteiger partial charge in [0.25, 0.3) is 0 Å². The van der Waals surface area contributed by atoms with E-state index in [0.717, 1.165) is 6.07 Å². The quantitative estimate of drug-likeness (QED) is 0.718. The van der Waals surface area contributed by atoms with Crippen LogP contribution in [-0.4, -0.2) is 16.1 Å². The van der Waals surface area contributed by atoms with Gasteiger partial charge in [0.2, 0.25) is 0 Å². The monoisotopic (exact) mass is 369 g/mol. The molecule has 0 radical (unpaired) electrons. The van der Waals surface area contributed by atoms with E-state index >= 15 is 0 Å². The minimum Gasteiger partial charge on any atom is -0.478 e. The Hall–Kier alpha value is -1.50. The van der Waals surface area contributed by atoms with Gasteiger partial charge in [-0.2, -0.15) is 13.2 Å². The highest BCUT2D eigenvalue weighted by molar-refractivity contribution is 6.48. The Bertz CT molecular complexity index is 740. The van der Waals surface area contributed by atoms with Crippen molar-refractivity contribution < 1.29 is 23.1 Å². The number of aromatic carboxylic acids is 1. The molecule has 0 amide bonds. The molecule has 0 fully saturated rings. The third-order valence-electron chi connectivity index (χ3n) is 2.64. The molecule has 1 aromatic carbocycles. The van der Waals surface area contributed by atoms with Gasteiger partial charge in [0.1, 0.15) is 5.69 Å². The van der Waals surface area contributed by atoms with Crippen LogP contribution in [0.15, 0.2) is 24.3 Å². The molecular weight excluding hydrogens is 366 g/mol. The van der Waals surface area contributed by atoms with E-state index in [0.29, 0.717) is 6.07 Å². The minimum absolute atomic E-state index is 0.0141. The zero-order chi connectivity index (χ0) is 16.7. The zero-order valence-electron chi connectivity index (χ0n) is 10.4. The SMILES string of the molecule is O=C(O)c1cc(-c2cc(Cl)c(Cl)c(Cl)c2)nc(C(F)(F)F)c1. The molecule has 0 atom stereocenters. The maximum Gasteiger partial charge on any atom is 0.433 e. The Balaban J connectivity index is 2.70. The first-order valence-corrected chi connectivity index (χ1v) is 6.70. The molecule has 0 unspecified atom stereocenters. The van der Waals surface area contributed by atoms with Gasteiger partial charge in [0.05, 0.1) is 26.3 Å². The third-order valence-corrected chi connectivity index (χ3v) is 3.84. The molecule has 0 aliphatic rings. The van der Waals surface area contributed by atoms with E-state index in [2.05, 4.69) is 4.98 Å². The highest BCUT2D eigenvalue weighted by atomic mass is 35.5. The highest BCUT2D eigenvalue weighted by Crippen LogP contribution is 2.36. The molecule has 0 bridgehead atoms. The largest absolute Gasteiger partial charge is 0.478 e. The van der Waals surface area contributed by atoms with E-state index in [1.165, 1.54) is 12.1 Å². The van der Waals surface area contributed by atoms with Crippen molar-refractivity contribution in [3.63, 3.8) is 0 Å². The second-order valence-corrected chi connectivity index (χ2v) is 5.38. The summed E-state index contributed by atoms with van der Waals surface area (Å²) in [5, 5.41) is 9.00. The molecule has 0 aliphatic carbocycles. The number of nitrogens with zero attached hydrogens (tertiary/aromatic N) is 1. The Labute approximate surface area is 137 Å². The molecule has 22 heavy (non-hydrogen) atoms. The predicted octanol–water partition coefficient (Wildman–Crippen LogP) is 5.43. The number of hydrogen-bond acceptors (Lipinski definition) is 2. The van der Waals surface area contributed by atoms with E-state index in [4.69, 9.17) is 39.9 Å². The summed E-state index contributed by atoms with van der Waals surface area (Å²) in [6.45, 7) is 0. The Morgan fingerprint density at radius 1 is 1.05 bits per heavy atom. The Kier molecular flexibility index (Phi) is 4.56. The maximum absolute atomic E-state index is 12.8. The summed E-state index contributed by atoms with van der Waals surface area (Å²) in [5.41, 5.74) is -2.00. The molecule has 116 valence electrons. The van der Waals surface area contributed by atoms with E-state index in [1.54, 1.807) is 0 Å². The summed E-state index contributed by atoms with van der Waals surface area (Å²) in [6, 6.07) is 3.95. The minimum atomic E-state index is -4.79. The molecule has 0 saturated heterocycles. The average Bonchev–Trinajstić information content (AvgIpc) is 2.42. The van der Waals surface area contributed by atoms with Crippen LogP contribution < -0.4 is 0 Å². The van der Waals surface area contributed by atoms with Crippen molar-refractivity contribution in [3.05, 3.63) is 50.6 Å². The number of benzene rings is 1. The van der Waals surface area contributed by atoms with Gasteiger partial charge >= 0.3 is 12.1 Å². The number of hydrogen-bond donors (Lipinski definition) is 1. The number of aromatic nitrogens is 1. The summed E-state index contributed by atoms with van der Waals surface area (Å²) in [7, 11) is 0. The number of carbonyl (C=O) groups is 1. The number of pyridine rings is 1. The van der Waals surface area contributed by atoms with Crippen LogP contribution in [0.4, 0.5) is 13.2 Å². The van der Waals surface area contributed by atoms with Crippen LogP contribution in [0, 0.1) is 0 Å². The summed E-state index contributed by atoms with van der Waals surface area (Å²) >= 11 is 17.4. The van der Waals surface area contributed by atoms with E-state index < -0.39 is 23.4 Å². The lowest BCUT2D eigenvalue weighted by Crippen LogP contribution is -2.11. The number of carboxylic acids is 1. The van der Waals surface area contributed by atoms with Gasteiger partial charge in [-0.25, -0.2) is 9.78 Å². The van der Waals surface area contributed by atoms with Crippen LogP contribution in [-0.2, 0) is 6.18 Å². The van der Waals surface area contributed by atoms with Crippen molar-refractivity contribution >= 4 is 40.8 Å². The number of halogens is 6. The summed E-state index contributed by atoms with van der Waals surface area (Å²) in [6.07, 6.45) is -4.79. The molecule has 2 rings (SSSR count). The normalized spacial score (nSPS) is 11.5. The molecule has 1 heterocycles. The Morgan fingerprint density at radius 2 is 1.59 bits per heavy atom. The fourth-order valence-corrected chi connectivity index (χ4v) is 2.25. The molecule has 9 heteroatoms. The van der Waals surface area contributed by atoms with Gasteiger partial charge in [-0.3, -0.25) is 0 Å². The molecule has 1 aromatic heterocycles. The van der Waals surface area contributed by atoms with Gasteiger partial charge in [-0.05, 0) is 24.3 Å². The van der Waals surface area contributed by atoms with Gasteiger partial charge < -0.3 is 5.11 Å². The van der Waals surface area contributed by atoms with Crippen molar-refractivity contribution in [2.24, 2.45) is 0 Å². The molecule has 1 N–H and O–H groups in total. The molecular formula is C13H5Cl3F3NO2. The van der Waals surface area contributed by atoms with Gasteiger partial charge in [-0.15, -0.1) is 0 Å². The second-order valence-electron chi connectivity index (χ2n) is 4.18. The topological polar surface area (TPSA) is 50.2 Å². The second kappa shape index (κ2) is 5.95. The van der Waals surface area contributed by atoms with Crippen molar-refractivity contribution in [2.45, 2.75) is 6.18 Å². The van der Waals surface area contributed by atoms with Crippen molar-refractivity contribution in [1.82, 2.24) is 4.98 Å². The summed E-state index contributed by atoms with van der Waals surface area (Å²) < 4.78 is 38.5. The molecule has 3 nitrogen and oxygen atoms in total. The molecule has 0 spiro atoms. The molecule has 0 saturated carbocycles. The Morgan fingerprint density at radius 3 is 2.05 bits per heavy atom. The maximum atomic E-state index is 12.8. The van der Waals surface area contributed by atoms with Gasteiger partial charge in [0.15, 0.2) is 0 Å². The lowest BCUT2D eigenvalue weighted by molar-refractivity contribution is -0.141. The van der Waals surface area contributed by atoms with Crippen LogP contribution in [0.3, 0.4) is 0 Å². The van der Waals surface area contributed by atoms with Crippen LogP contribution in [0.1, 0.15) is 16.1 Å². The molecule has 2 aromatic rings. The lowest BCUT2D eigenvalue weighted by Gasteiger charge is -2.11. The number of carboxylic acid groups (broad SMARTS) is 1. The van der Waals surface area contributed by atoms with E-state index in [9.17, 15) is 18.0 Å². The zero-order valence-corrected chi connectivity index (χ0v) is 12.6. The smallest absolute Gasteiger partial charge is 0.433 e. The first-order chi connectivity index (χ1) is 10.1. The first-order valence-electron chi connectivity index (χ1n) is 5.57. The third kappa shape index (κ3) is 3.45. The molecule has 0 aliphatic heterocycles. The fourth-order valence-electron chi connectivity index (χ4n) is 1.65. The van der Waals surface area contributed by atoms with Crippen molar-refractivity contribution in [3.8, 4) is 11.3 Å². The number of alkyl halides is 3. The van der Waals surface area contributed by atoms with Crippen molar-refractivity contribution in [2.75, 3.05) is 0 Å². The van der Waals surface area contributed by atoms with E-state index in [1.807, 2.05) is 0 Å². The van der Waals surface area contributed by atoms with E-state index in [-0.39, 0.29) is 26.3 Å². The standard InChI is InChI=1S/C13H5Cl3F3NO2/c14-7-1-5(2-8(15)11(7)16)9-3-6(12(21)22)4-10(20-9)13(17,18)19/h1-4H,(H,21,22). The summed E-state index contributed by atoms with van der Waals surface area (Å²) in [5.74, 6) is -1.51. The highest BCUT2D eigenvalue weighted by Gasteiger charge is 2.34. The van der Waals surface area contributed by atoms with Crippen LogP contribution in [0.25, 0.3) is 11.3 Å².